The van der Waals surface area contributed by atoms with Gasteiger partial charge in [0.25, 0.3) is 0 Å². The van der Waals surface area contributed by atoms with E-state index in [1.165, 1.54) is 5.56 Å². The highest BCUT2D eigenvalue weighted by molar-refractivity contribution is 6.30. The molecule has 1 saturated heterocycles. The number of ether oxygens (including phenoxy) is 1. The summed E-state index contributed by atoms with van der Waals surface area (Å²) in [6, 6.07) is 7.32. The summed E-state index contributed by atoms with van der Waals surface area (Å²) in [6.07, 6.45) is 0. The van der Waals surface area contributed by atoms with Gasteiger partial charge in [-0.1, -0.05) is 23.7 Å². The molecule has 0 radical (unpaired) electrons. The van der Waals surface area contributed by atoms with E-state index in [2.05, 4.69) is 4.90 Å². The maximum Gasteiger partial charge on any atom is 0.241 e. The number of benzene rings is 1. The summed E-state index contributed by atoms with van der Waals surface area (Å²) in [6.45, 7) is 4.28. The van der Waals surface area contributed by atoms with E-state index in [4.69, 9.17) is 22.1 Å². The molecule has 1 fully saturated rings. The Hall–Kier alpha value is -1.14. The van der Waals surface area contributed by atoms with E-state index < -0.39 is 6.04 Å². The van der Waals surface area contributed by atoms with Crippen LogP contribution < -0.4 is 5.73 Å². The zero-order valence-corrected chi connectivity index (χ0v) is 13.1. The number of nitrogens with two attached hydrogens (primary N) is 1. The maximum atomic E-state index is 12.1. The zero-order valence-electron chi connectivity index (χ0n) is 12.3. The van der Waals surface area contributed by atoms with Crippen LogP contribution in [0.2, 0.25) is 5.02 Å². The molecule has 1 aromatic carbocycles. The molecule has 5 nitrogen and oxygen atoms in total. The van der Waals surface area contributed by atoms with Gasteiger partial charge in [0.1, 0.15) is 6.04 Å². The van der Waals surface area contributed by atoms with Crippen molar-refractivity contribution in [2.24, 2.45) is 5.73 Å². The molecule has 1 aliphatic heterocycles. The Kier molecular flexibility index (Phi) is 5.99. The van der Waals surface area contributed by atoms with E-state index >= 15 is 0 Å². The van der Waals surface area contributed by atoms with Crippen molar-refractivity contribution in [1.29, 1.82) is 0 Å². The lowest BCUT2D eigenvalue weighted by molar-refractivity contribution is -0.135. The highest BCUT2D eigenvalue weighted by Gasteiger charge is 2.25. The first-order chi connectivity index (χ1) is 10.1. The Balaban J connectivity index is 1.80. The van der Waals surface area contributed by atoms with Crippen molar-refractivity contribution in [3.05, 3.63) is 34.9 Å². The van der Waals surface area contributed by atoms with Crippen molar-refractivity contribution in [2.75, 3.05) is 39.9 Å². The zero-order chi connectivity index (χ0) is 15.2. The van der Waals surface area contributed by atoms with Gasteiger partial charge in [-0.05, 0) is 17.7 Å². The highest BCUT2D eigenvalue weighted by atomic mass is 35.5. The van der Waals surface area contributed by atoms with Gasteiger partial charge in [-0.25, -0.2) is 0 Å². The van der Waals surface area contributed by atoms with E-state index in [9.17, 15) is 4.79 Å². The van der Waals surface area contributed by atoms with E-state index in [0.717, 1.165) is 24.7 Å². The third-order valence-electron chi connectivity index (χ3n) is 3.67. The first-order valence-corrected chi connectivity index (χ1v) is 7.48. The molecule has 0 aromatic heterocycles. The molecule has 0 saturated carbocycles. The van der Waals surface area contributed by atoms with Gasteiger partial charge in [-0.2, -0.15) is 0 Å². The Morgan fingerprint density at radius 3 is 2.48 bits per heavy atom. The number of halogens is 1. The third kappa shape index (κ3) is 4.68. The minimum absolute atomic E-state index is 0.0250. The third-order valence-corrected chi connectivity index (χ3v) is 3.92. The minimum Gasteiger partial charge on any atom is -0.383 e. The molecular weight excluding hydrogens is 290 g/mol. The van der Waals surface area contributed by atoms with Gasteiger partial charge in [-0.15, -0.1) is 0 Å². The summed E-state index contributed by atoms with van der Waals surface area (Å²) in [5, 5.41) is 0.751. The molecule has 1 heterocycles. The predicted octanol–water partition coefficient (Wildman–Crippen LogP) is 0.958. The number of piperazine rings is 1. The number of methoxy groups -OCH3 is 1. The number of rotatable bonds is 5. The first kappa shape index (κ1) is 16.2. The quantitative estimate of drug-likeness (QED) is 0.880. The SMILES string of the molecule is COCC(N)C(=O)N1CCN(Cc2ccc(Cl)cc2)CC1. The van der Waals surface area contributed by atoms with Crippen LogP contribution in [0.5, 0.6) is 0 Å². The summed E-state index contributed by atoms with van der Waals surface area (Å²) < 4.78 is 4.93. The molecule has 1 unspecified atom stereocenters. The van der Waals surface area contributed by atoms with Crippen molar-refractivity contribution in [3.8, 4) is 0 Å². The molecular formula is C15H22ClN3O2. The molecule has 0 bridgehead atoms. The summed E-state index contributed by atoms with van der Waals surface area (Å²) in [5.74, 6) is -0.0250. The molecule has 2 rings (SSSR count). The molecule has 116 valence electrons. The van der Waals surface area contributed by atoms with Crippen LogP contribution >= 0.6 is 11.6 Å². The Morgan fingerprint density at radius 2 is 1.90 bits per heavy atom. The summed E-state index contributed by atoms with van der Waals surface area (Å²) >= 11 is 5.88. The van der Waals surface area contributed by atoms with Gasteiger partial charge in [0.2, 0.25) is 5.91 Å². The Bertz CT molecular complexity index is 458. The van der Waals surface area contributed by atoms with Crippen LogP contribution in [-0.4, -0.2) is 61.6 Å². The van der Waals surface area contributed by atoms with E-state index in [1.807, 2.05) is 29.2 Å². The lowest BCUT2D eigenvalue weighted by atomic mass is 10.2. The van der Waals surface area contributed by atoms with Crippen molar-refractivity contribution < 1.29 is 9.53 Å². The topological polar surface area (TPSA) is 58.8 Å². The van der Waals surface area contributed by atoms with Crippen LogP contribution in [0.3, 0.4) is 0 Å². The molecule has 1 amide bonds. The average molecular weight is 312 g/mol. The molecule has 2 N–H and O–H groups in total. The molecule has 6 heteroatoms. The van der Waals surface area contributed by atoms with E-state index in [0.29, 0.717) is 13.1 Å². The Morgan fingerprint density at radius 1 is 1.29 bits per heavy atom. The summed E-state index contributed by atoms with van der Waals surface area (Å²) in [5.41, 5.74) is 7.02. The number of hydrogen-bond donors (Lipinski definition) is 1. The Labute approximate surface area is 130 Å². The fourth-order valence-electron chi connectivity index (χ4n) is 2.46. The summed E-state index contributed by atoms with van der Waals surface area (Å²) in [4.78, 5) is 16.2. The molecule has 0 aliphatic carbocycles. The molecule has 0 spiro atoms. The van der Waals surface area contributed by atoms with Gasteiger partial charge in [0.15, 0.2) is 0 Å². The van der Waals surface area contributed by atoms with Gasteiger partial charge in [0, 0.05) is 44.9 Å². The predicted molar refractivity (Wildman–Crippen MR) is 83.2 cm³/mol. The second-order valence-electron chi connectivity index (χ2n) is 5.29. The lowest BCUT2D eigenvalue weighted by Crippen LogP contribution is -2.53. The number of carbonyl (C=O) groups excluding carboxylic acids is 1. The van der Waals surface area contributed by atoms with Crippen molar-refractivity contribution >= 4 is 17.5 Å². The average Bonchev–Trinajstić information content (AvgIpc) is 2.50. The van der Waals surface area contributed by atoms with E-state index in [-0.39, 0.29) is 12.5 Å². The number of amides is 1. The number of hydrogen-bond acceptors (Lipinski definition) is 4. The van der Waals surface area contributed by atoms with Gasteiger partial charge < -0.3 is 15.4 Å². The monoisotopic (exact) mass is 311 g/mol. The normalized spacial score (nSPS) is 17.8. The highest BCUT2D eigenvalue weighted by Crippen LogP contribution is 2.13. The maximum absolute atomic E-state index is 12.1. The van der Waals surface area contributed by atoms with Crippen LogP contribution in [0.1, 0.15) is 5.56 Å². The van der Waals surface area contributed by atoms with Gasteiger partial charge in [-0.3, -0.25) is 9.69 Å². The van der Waals surface area contributed by atoms with Crippen LogP contribution in [-0.2, 0) is 16.1 Å². The smallest absolute Gasteiger partial charge is 0.241 e. The van der Waals surface area contributed by atoms with E-state index in [1.54, 1.807) is 7.11 Å². The lowest BCUT2D eigenvalue weighted by Gasteiger charge is -2.35. The second kappa shape index (κ2) is 7.75. The standard InChI is InChI=1S/C15H22ClN3O2/c1-21-11-14(17)15(20)19-8-6-18(7-9-19)10-12-2-4-13(16)5-3-12/h2-5,14H,6-11,17H2,1H3. The van der Waals surface area contributed by atoms with Crippen LogP contribution in [0.25, 0.3) is 0 Å². The first-order valence-electron chi connectivity index (χ1n) is 7.10. The molecule has 21 heavy (non-hydrogen) atoms. The van der Waals surface area contributed by atoms with Crippen LogP contribution in [0, 0.1) is 0 Å². The number of nitrogens with zero attached hydrogens (tertiary/aromatic N) is 2. The molecule has 1 aliphatic rings. The van der Waals surface area contributed by atoms with Crippen LogP contribution in [0.15, 0.2) is 24.3 Å². The largest absolute Gasteiger partial charge is 0.383 e. The number of carbonyl (C=O) groups is 1. The minimum atomic E-state index is -0.558. The van der Waals surface area contributed by atoms with Gasteiger partial charge >= 0.3 is 0 Å². The fraction of sp³-hybridized carbons (Fsp3) is 0.533. The molecule has 1 aromatic rings. The van der Waals surface area contributed by atoms with Crippen molar-refractivity contribution in [1.82, 2.24) is 9.80 Å². The van der Waals surface area contributed by atoms with Crippen molar-refractivity contribution in [2.45, 2.75) is 12.6 Å². The second-order valence-corrected chi connectivity index (χ2v) is 5.73. The fourth-order valence-corrected chi connectivity index (χ4v) is 2.59. The van der Waals surface area contributed by atoms with Crippen molar-refractivity contribution in [3.63, 3.8) is 0 Å². The molecule has 1 atom stereocenters. The summed E-state index contributed by atoms with van der Waals surface area (Å²) in [7, 11) is 1.55. The van der Waals surface area contributed by atoms with Crippen LogP contribution in [0.4, 0.5) is 0 Å². The van der Waals surface area contributed by atoms with Gasteiger partial charge in [0.05, 0.1) is 6.61 Å².